The van der Waals surface area contributed by atoms with Gasteiger partial charge in [-0.2, -0.15) is 0 Å². The number of hydrogen-bond acceptors (Lipinski definition) is 4. The van der Waals surface area contributed by atoms with Gasteiger partial charge in [0.1, 0.15) is 18.1 Å². The van der Waals surface area contributed by atoms with E-state index in [0.717, 1.165) is 11.3 Å². The molecule has 0 bridgehead atoms. The Morgan fingerprint density at radius 2 is 2.00 bits per heavy atom. The summed E-state index contributed by atoms with van der Waals surface area (Å²) in [5.74, 6) is 2.43. The maximum atomic E-state index is 5.86. The highest BCUT2D eigenvalue weighted by Crippen LogP contribution is 2.26. The Kier molecular flexibility index (Phi) is 4.36. The molecular formula is C13H13ClN2O2. The number of rotatable bonds is 5. The lowest BCUT2D eigenvalue weighted by Crippen LogP contribution is -2.02. The molecule has 2 aromatic rings. The van der Waals surface area contributed by atoms with Crippen molar-refractivity contribution in [1.82, 2.24) is 9.97 Å². The largest absolute Gasteiger partial charge is 0.497 e. The van der Waals surface area contributed by atoms with Crippen LogP contribution in [0.4, 0.5) is 0 Å². The van der Waals surface area contributed by atoms with E-state index in [0.29, 0.717) is 24.1 Å². The third kappa shape index (κ3) is 3.11. The molecule has 0 aliphatic rings. The van der Waals surface area contributed by atoms with E-state index in [1.165, 1.54) is 0 Å². The van der Waals surface area contributed by atoms with Crippen LogP contribution in [0.1, 0.15) is 11.4 Å². The fourth-order valence-electron chi connectivity index (χ4n) is 1.45. The minimum absolute atomic E-state index is 0.303. The summed E-state index contributed by atoms with van der Waals surface area (Å²) in [4.78, 5) is 8.18. The molecule has 0 fully saturated rings. The molecule has 1 aromatic heterocycles. The Balaban J connectivity index is 2.12. The summed E-state index contributed by atoms with van der Waals surface area (Å²) in [6.07, 6.45) is 3.36. The first-order chi connectivity index (χ1) is 8.83. The van der Waals surface area contributed by atoms with Crippen molar-refractivity contribution in [3.05, 3.63) is 48.0 Å². The lowest BCUT2D eigenvalue weighted by Gasteiger charge is -2.10. The first kappa shape index (κ1) is 12.6. The van der Waals surface area contributed by atoms with E-state index >= 15 is 0 Å². The second kappa shape index (κ2) is 6.21. The Bertz CT molecular complexity index is 506. The van der Waals surface area contributed by atoms with Gasteiger partial charge in [-0.25, -0.2) is 9.97 Å². The molecule has 0 aliphatic carbocycles. The molecule has 1 heterocycles. The molecule has 0 unspecified atom stereocenters. The highest BCUT2D eigenvalue weighted by Gasteiger charge is 2.06. The second-order valence-corrected chi connectivity index (χ2v) is 3.83. The monoisotopic (exact) mass is 264 g/mol. The van der Waals surface area contributed by atoms with Gasteiger partial charge in [-0.15, -0.1) is 11.6 Å². The van der Waals surface area contributed by atoms with Crippen molar-refractivity contribution in [2.24, 2.45) is 0 Å². The molecule has 0 aliphatic heterocycles. The fourth-order valence-corrected chi connectivity index (χ4v) is 1.67. The Hall–Kier alpha value is -1.81. The van der Waals surface area contributed by atoms with E-state index in [2.05, 4.69) is 9.97 Å². The van der Waals surface area contributed by atoms with E-state index in [4.69, 9.17) is 21.1 Å². The van der Waals surface area contributed by atoms with Gasteiger partial charge in [0.05, 0.1) is 13.0 Å². The zero-order valence-corrected chi connectivity index (χ0v) is 10.7. The first-order valence-corrected chi connectivity index (χ1v) is 5.98. The Morgan fingerprint density at radius 1 is 1.22 bits per heavy atom. The second-order valence-electron chi connectivity index (χ2n) is 3.56. The van der Waals surface area contributed by atoms with Crippen LogP contribution in [0.3, 0.4) is 0 Å². The van der Waals surface area contributed by atoms with Crippen molar-refractivity contribution in [1.29, 1.82) is 0 Å². The molecule has 0 amide bonds. The van der Waals surface area contributed by atoms with Crippen molar-refractivity contribution >= 4 is 11.6 Å². The number of methoxy groups -OCH3 is 1. The number of aromatic nitrogens is 2. The molecular weight excluding hydrogens is 252 g/mol. The van der Waals surface area contributed by atoms with Crippen molar-refractivity contribution in [2.75, 3.05) is 7.11 Å². The standard InChI is InChI=1S/C13H13ClN2O2/c1-17-11-4-3-10(8-14)12(7-11)18-9-13-15-5-2-6-16-13/h2-7H,8-9H2,1H3. The zero-order valence-electron chi connectivity index (χ0n) is 9.97. The highest BCUT2D eigenvalue weighted by atomic mass is 35.5. The van der Waals surface area contributed by atoms with Crippen LogP contribution in [0.15, 0.2) is 36.7 Å². The van der Waals surface area contributed by atoms with Gasteiger partial charge in [0.25, 0.3) is 0 Å². The lowest BCUT2D eigenvalue weighted by molar-refractivity contribution is 0.291. The van der Waals surface area contributed by atoms with Crippen LogP contribution in [-0.2, 0) is 12.5 Å². The predicted molar refractivity (Wildman–Crippen MR) is 68.9 cm³/mol. The van der Waals surface area contributed by atoms with Gasteiger partial charge in [0.15, 0.2) is 5.82 Å². The maximum Gasteiger partial charge on any atom is 0.166 e. The minimum Gasteiger partial charge on any atom is -0.497 e. The molecule has 0 spiro atoms. The van der Waals surface area contributed by atoms with Gasteiger partial charge in [0.2, 0.25) is 0 Å². The van der Waals surface area contributed by atoms with Crippen molar-refractivity contribution in [3.8, 4) is 11.5 Å². The first-order valence-electron chi connectivity index (χ1n) is 5.45. The summed E-state index contributed by atoms with van der Waals surface area (Å²) in [7, 11) is 1.61. The van der Waals surface area contributed by atoms with Crippen LogP contribution in [0.5, 0.6) is 11.5 Å². The molecule has 5 heteroatoms. The normalized spacial score (nSPS) is 10.1. The van der Waals surface area contributed by atoms with E-state index < -0.39 is 0 Å². The molecule has 18 heavy (non-hydrogen) atoms. The smallest absolute Gasteiger partial charge is 0.166 e. The Morgan fingerprint density at radius 3 is 2.67 bits per heavy atom. The van der Waals surface area contributed by atoms with Gasteiger partial charge in [-0.3, -0.25) is 0 Å². The van der Waals surface area contributed by atoms with E-state index in [1.807, 2.05) is 12.1 Å². The van der Waals surface area contributed by atoms with Gasteiger partial charge >= 0.3 is 0 Å². The molecule has 0 saturated carbocycles. The summed E-state index contributed by atoms with van der Waals surface area (Å²) in [6.45, 7) is 0.303. The number of benzene rings is 1. The molecule has 2 rings (SSSR count). The third-order valence-electron chi connectivity index (χ3n) is 2.39. The quantitative estimate of drug-likeness (QED) is 0.779. The van der Waals surface area contributed by atoms with Gasteiger partial charge in [-0.1, -0.05) is 6.07 Å². The maximum absolute atomic E-state index is 5.86. The van der Waals surface area contributed by atoms with Crippen molar-refractivity contribution in [3.63, 3.8) is 0 Å². The van der Waals surface area contributed by atoms with Crippen LogP contribution < -0.4 is 9.47 Å². The zero-order chi connectivity index (χ0) is 12.8. The van der Waals surface area contributed by atoms with E-state index in [1.54, 1.807) is 31.6 Å². The number of ether oxygens (including phenoxy) is 2. The lowest BCUT2D eigenvalue weighted by atomic mass is 10.2. The number of nitrogens with zero attached hydrogens (tertiary/aromatic N) is 2. The number of halogens is 1. The molecule has 0 saturated heterocycles. The molecule has 94 valence electrons. The van der Waals surface area contributed by atoms with E-state index in [-0.39, 0.29) is 0 Å². The molecule has 0 atom stereocenters. The molecule has 0 radical (unpaired) electrons. The van der Waals surface area contributed by atoms with Crippen molar-refractivity contribution in [2.45, 2.75) is 12.5 Å². The number of hydrogen-bond donors (Lipinski definition) is 0. The predicted octanol–water partition coefficient (Wildman–Crippen LogP) is 2.80. The van der Waals surface area contributed by atoms with Crippen LogP contribution in [0.2, 0.25) is 0 Å². The summed E-state index contributed by atoms with van der Waals surface area (Å²) in [5, 5.41) is 0. The topological polar surface area (TPSA) is 44.2 Å². The summed E-state index contributed by atoms with van der Waals surface area (Å²) < 4.78 is 10.8. The van der Waals surface area contributed by atoms with E-state index in [9.17, 15) is 0 Å². The van der Waals surface area contributed by atoms with Gasteiger partial charge in [-0.05, 0) is 12.1 Å². The fraction of sp³-hybridized carbons (Fsp3) is 0.231. The molecule has 0 N–H and O–H groups in total. The van der Waals surface area contributed by atoms with Gasteiger partial charge < -0.3 is 9.47 Å². The van der Waals surface area contributed by atoms with Crippen molar-refractivity contribution < 1.29 is 9.47 Å². The summed E-state index contributed by atoms with van der Waals surface area (Å²) in [6, 6.07) is 7.30. The van der Waals surface area contributed by atoms with Crippen LogP contribution >= 0.6 is 11.6 Å². The van der Waals surface area contributed by atoms with Gasteiger partial charge in [0, 0.05) is 24.0 Å². The summed E-state index contributed by atoms with van der Waals surface area (Å²) in [5.41, 5.74) is 0.911. The van der Waals surface area contributed by atoms with Crippen LogP contribution in [-0.4, -0.2) is 17.1 Å². The molecule has 1 aromatic carbocycles. The van der Waals surface area contributed by atoms with Crippen LogP contribution in [0.25, 0.3) is 0 Å². The Labute approximate surface area is 111 Å². The average molecular weight is 265 g/mol. The average Bonchev–Trinajstić information content (AvgIpc) is 2.45. The SMILES string of the molecule is COc1ccc(CCl)c(OCc2ncccn2)c1. The molecule has 4 nitrogen and oxygen atoms in total. The highest BCUT2D eigenvalue weighted by molar-refractivity contribution is 6.17. The minimum atomic E-state index is 0.303. The summed E-state index contributed by atoms with van der Waals surface area (Å²) >= 11 is 5.86. The number of alkyl halides is 1. The third-order valence-corrected chi connectivity index (χ3v) is 2.68. The van der Waals surface area contributed by atoms with Crippen LogP contribution in [0, 0.1) is 0 Å².